The van der Waals surface area contributed by atoms with Crippen LogP contribution in [0.25, 0.3) is 0 Å². The number of ether oxygens (including phenoxy) is 1. The maximum absolute atomic E-state index is 12.4. The van der Waals surface area contributed by atoms with Crippen molar-refractivity contribution in [3.63, 3.8) is 0 Å². The van der Waals surface area contributed by atoms with E-state index in [9.17, 15) is 14.4 Å². The lowest BCUT2D eigenvalue weighted by Crippen LogP contribution is -2.28. The first kappa shape index (κ1) is 16.0. The molecule has 1 N–H and O–H groups in total. The molecule has 118 valence electrons. The molecule has 0 spiro atoms. The number of benzene rings is 1. The smallest absolute Gasteiger partial charge is 0.340 e. The van der Waals surface area contributed by atoms with Crippen LogP contribution in [0.1, 0.15) is 47.4 Å². The van der Waals surface area contributed by atoms with Gasteiger partial charge in [-0.25, -0.2) is 4.79 Å². The van der Waals surface area contributed by atoms with Gasteiger partial charge in [-0.15, -0.1) is 0 Å². The molecule has 1 saturated heterocycles. The van der Waals surface area contributed by atoms with E-state index in [4.69, 9.17) is 4.74 Å². The second-order valence-electron chi connectivity index (χ2n) is 5.16. The van der Waals surface area contributed by atoms with E-state index < -0.39 is 5.97 Å². The maximum atomic E-state index is 12.4. The molecule has 6 nitrogen and oxygen atoms in total. The summed E-state index contributed by atoms with van der Waals surface area (Å²) in [7, 11) is 0. The number of esters is 1. The van der Waals surface area contributed by atoms with Crippen molar-refractivity contribution in [1.29, 1.82) is 0 Å². The molecule has 0 aromatic heterocycles. The van der Waals surface area contributed by atoms with Gasteiger partial charge in [0.2, 0.25) is 5.91 Å². The zero-order valence-corrected chi connectivity index (χ0v) is 12.8. The van der Waals surface area contributed by atoms with Gasteiger partial charge in [0.25, 0.3) is 5.91 Å². The minimum atomic E-state index is -0.553. The molecule has 1 fully saturated rings. The Kier molecular flexibility index (Phi) is 5.14. The van der Waals surface area contributed by atoms with Gasteiger partial charge in [0.05, 0.1) is 17.9 Å². The Balaban J connectivity index is 2.32. The molecule has 1 aromatic rings. The van der Waals surface area contributed by atoms with Gasteiger partial charge in [-0.2, -0.15) is 0 Å². The highest BCUT2D eigenvalue weighted by atomic mass is 16.5. The molecular formula is C16H20N2O4. The number of amides is 2. The molecule has 0 bridgehead atoms. The van der Waals surface area contributed by atoms with Crippen LogP contribution < -0.4 is 5.32 Å². The molecule has 2 rings (SSSR count). The molecule has 0 aliphatic carbocycles. The number of rotatable bonds is 4. The van der Waals surface area contributed by atoms with E-state index in [0.29, 0.717) is 11.3 Å². The van der Waals surface area contributed by atoms with Gasteiger partial charge in [0, 0.05) is 25.6 Å². The zero-order valence-electron chi connectivity index (χ0n) is 12.8. The van der Waals surface area contributed by atoms with Gasteiger partial charge in [-0.3, -0.25) is 9.59 Å². The van der Waals surface area contributed by atoms with Crippen LogP contribution in [-0.4, -0.2) is 42.4 Å². The van der Waals surface area contributed by atoms with Crippen molar-refractivity contribution in [2.75, 3.05) is 25.0 Å². The molecule has 0 atom stereocenters. The van der Waals surface area contributed by atoms with Crippen LogP contribution in [0.15, 0.2) is 18.2 Å². The number of anilines is 1. The number of carbonyl (C=O) groups excluding carboxylic acids is 3. The van der Waals surface area contributed by atoms with Crippen LogP contribution in [-0.2, 0) is 9.53 Å². The lowest BCUT2D eigenvalue weighted by Gasteiger charge is -2.17. The van der Waals surface area contributed by atoms with Crippen molar-refractivity contribution in [3.8, 4) is 0 Å². The third-order valence-electron chi connectivity index (χ3n) is 3.47. The summed E-state index contributed by atoms with van der Waals surface area (Å²) >= 11 is 0. The Labute approximate surface area is 129 Å². The van der Waals surface area contributed by atoms with Gasteiger partial charge in [0.15, 0.2) is 0 Å². The van der Waals surface area contributed by atoms with Gasteiger partial charge in [-0.1, -0.05) is 0 Å². The van der Waals surface area contributed by atoms with Crippen molar-refractivity contribution >= 4 is 23.5 Å². The Morgan fingerprint density at radius 2 is 1.91 bits per heavy atom. The van der Waals surface area contributed by atoms with Crippen LogP contribution in [0, 0.1) is 0 Å². The first-order chi connectivity index (χ1) is 10.5. The molecule has 1 heterocycles. The number of hydrogen-bond acceptors (Lipinski definition) is 4. The van der Waals surface area contributed by atoms with Crippen LogP contribution in [0.3, 0.4) is 0 Å². The molecule has 1 aromatic carbocycles. The van der Waals surface area contributed by atoms with Gasteiger partial charge in [-0.05, 0) is 38.0 Å². The molecular weight excluding hydrogens is 284 g/mol. The van der Waals surface area contributed by atoms with E-state index in [1.54, 1.807) is 24.0 Å². The van der Waals surface area contributed by atoms with E-state index in [1.165, 1.54) is 13.0 Å². The summed E-state index contributed by atoms with van der Waals surface area (Å²) in [4.78, 5) is 37.4. The van der Waals surface area contributed by atoms with Crippen molar-refractivity contribution < 1.29 is 19.1 Å². The number of carbonyl (C=O) groups is 3. The molecule has 6 heteroatoms. The molecule has 1 aliphatic rings. The second kappa shape index (κ2) is 7.06. The molecule has 22 heavy (non-hydrogen) atoms. The number of nitrogens with zero attached hydrogens (tertiary/aromatic N) is 1. The van der Waals surface area contributed by atoms with E-state index in [1.807, 2.05) is 0 Å². The topological polar surface area (TPSA) is 75.7 Å². The summed E-state index contributed by atoms with van der Waals surface area (Å²) in [6.07, 6.45) is 2.00. The fourth-order valence-electron chi connectivity index (χ4n) is 2.46. The van der Waals surface area contributed by atoms with Crippen molar-refractivity contribution in [2.45, 2.75) is 26.7 Å². The number of likely N-dealkylation sites (tertiary alicyclic amines) is 1. The van der Waals surface area contributed by atoms with Crippen LogP contribution in [0.4, 0.5) is 5.69 Å². The zero-order chi connectivity index (χ0) is 16.1. The van der Waals surface area contributed by atoms with E-state index in [-0.39, 0.29) is 24.0 Å². The monoisotopic (exact) mass is 304 g/mol. The van der Waals surface area contributed by atoms with E-state index in [2.05, 4.69) is 5.32 Å². The van der Waals surface area contributed by atoms with Crippen molar-refractivity contribution in [2.24, 2.45) is 0 Å². The number of nitrogens with one attached hydrogen (secondary N) is 1. The fraction of sp³-hybridized carbons (Fsp3) is 0.438. The average Bonchev–Trinajstić information content (AvgIpc) is 3.00. The minimum absolute atomic E-state index is 0.0996. The molecule has 0 unspecified atom stereocenters. The third-order valence-corrected chi connectivity index (χ3v) is 3.47. The third kappa shape index (κ3) is 3.63. The predicted molar refractivity (Wildman–Crippen MR) is 81.8 cm³/mol. The number of hydrogen-bond donors (Lipinski definition) is 1. The standard InChI is InChI=1S/C16H20N2O4/c1-3-22-16(21)13-10-12(6-7-14(13)17-11(2)19)15(20)18-8-4-5-9-18/h6-7,10H,3-5,8-9H2,1-2H3,(H,17,19). The Hall–Kier alpha value is -2.37. The highest BCUT2D eigenvalue weighted by Crippen LogP contribution is 2.21. The highest BCUT2D eigenvalue weighted by molar-refractivity contribution is 6.04. The van der Waals surface area contributed by atoms with Gasteiger partial charge >= 0.3 is 5.97 Å². The summed E-state index contributed by atoms with van der Waals surface area (Å²) < 4.78 is 5.00. The lowest BCUT2D eigenvalue weighted by molar-refractivity contribution is -0.114. The van der Waals surface area contributed by atoms with E-state index >= 15 is 0 Å². The summed E-state index contributed by atoms with van der Waals surface area (Å²) in [6, 6.07) is 4.68. The summed E-state index contributed by atoms with van der Waals surface area (Å²) in [5.74, 6) is -0.941. The van der Waals surface area contributed by atoms with Crippen LogP contribution in [0.5, 0.6) is 0 Å². The minimum Gasteiger partial charge on any atom is -0.462 e. The molecule has 2 amide bonds. The molecule has 0 saturated carbocycles. The van der Waals surface area contributed by atoms with Gasteiger partial charge < -0.3 is 15.0 Å². The lowest BCUT2D eigenvalue weighted by atomic mass is 10.1. The predicted octanol–water partition coefficient (Wildman–Crippen LogP) is 2.06. The van der Waals surface area contributed by atoms with E-state index in [0.717, 1.165) is 25.9 Å². The normalized spacial score (nSPS) is 13.8. The average molecular weight is 304 g/mol. The Bertz CT molecular complexity index is 592. The Morgan fingerprint density at radius 3 is 2.50 bits per heavy atom. The highest BCUT2D eigenvalue weighted by Gasteiger charge is 2.22. The first-order valence-electron chi connectivity index (χ1n) is 7.41. The van der Waals surface area contributed by atoms with Crippen molar-refractivity contribution in [3.05, 3.63) is 29.3 Å². The first-order valence-corrected chi connectivity index (χ1v) is 7.41. The summed E-state index contributed by atoms with van der Waals surface area (Å²) in [5, 5.41) is 2.58. The van der Waals surface area contributed by atoms with Crippen LogP contribution in [0.2, 0.25) is 0 Å². The summed E-state index contributed by atoms with van der Waals surface area (Å²) in [5.41, 5.74) is 0.977. The maximum Gasteiger partial charge on any atom is 0.340 e. The largest absolute Gasteiger partial charge is 0.462 e. The van der Waals surface area contributed by atoms with Crippen molar-refractivity contribution in [1.82, 2.24) is 4.90 Å². The van der Waals surface area contributed by atoms with Crippen LogP contribution >= 0.6 is 0 Å². The Morgan fingerprint density at radius 1 is 1.23 bits per heavy atom. The summed E-state index contributed by atoms with van der Waals surface area (Å²) in [6.45, 7) is 4.76. The quantitative estimate of drug-likeness (QED) is 0.864. The fourth-order valence-corrected chi connectivity index (χ4v) is 2.46. The SMILES string of the molecule is CCOC(=O)c1cc(C(=O)N2CCCC2)ccc1NC(C)=O. The second-order valence-corrected chi connectivity index (χ2v) is 5.16. The molecule has 1 aliphatic heterocycles. The van der Waals surface area contributed by atoms with Gasteiger partial charge in [0.1, 0.15) is 0 Å². The molecule has 0 radical (unpaired) electrons.